The molecule has 0 aliphatic carbocycles. The van der Waals surface area contributed by atoms with Crippen LogP contribution in [0.15, 0.2) is 6.33 Å². The highest BCUT2D eigenvalue weighted by Gasteiger charge is 2.19. The first-order valence-electron chi connectivity index (χ1n) is 14.9. The van der Waals surface area contributed by atoms with Crippen LogP contribution in [-0.2, 0) is 10.0 Å². The monoisotopic (exact) mass is 687 g/mol. The van der Waals surface area contributed by atoms with Crippen LogP contribution in [-0.4, -0.2) is 79.2 Å². The molecule has 0 saturated heterocycles. The van der Waals surface area contributed by atoms with Gasteiger partial charge in [0.25, 0.3) is 0 Å². The Labute approximate surface area is 256 Å². The Hall–Kier alpha value is 0.0900. The smallest absolute Gasteiger partial charge is 0.211 e. The topological polar surface area (TPSA) is 76.9 Å². The molecule has 1 rings (SSSR count). The van der Waals surface area contributed by atoms with E-state index in [1.165, 1.54) is 89.9 Å². The molecule has 0 aliphatic heterocycles. The lowest BCUT2D eigenvalue weighted by Crippen LogP contribution is -3.00. The summed E-state index contributed by atoms with van der Waals surface area (Å²) in [5, 5.41) is 4.36. The van der Waals surface area contributed by atoms with Crippen molar-refractivity contribution in [1.82, 2.24) is 19.5 Å². The standard InChI is InChI=1S/C28H58N5O2S2.HI/c1-6-7-8-9-10-11-12-13-14-15-16-17-18-19-22-36-25-28(32-27(2)29-26-30-32)24-31-37(34,35)23-20-21-33(3,4)5;/h26,28,31H,6-25H2,1-5H3;1H/q+1;/p-1. The molecule has 0 fully saturated rings. The molecule has 10 heteroatoms. The predicted octanol–water partition coefficient (Wildman–Crippen LogP) is 3.36. The number of aryl methyl sites for hydroxylation is 1. The van der Waals surface area contributed by atoms with Crippen LogP contribution in [0.5, 0.6) is 0 Å². The van der Waals surface area contributed by atoms with Crippen molar-refractivity contribution in [2.24, 2.45) is 0 Å². The maximum Gasteiger partial charge on any atom is 0.211 e. The summed E-state index contributed by atoms with van der Waals surface area (Å²) < 4.78 is 30.5. The lowest BCUT2D eigenvalue weighted by Gasteiger charge is -2.24. The molecular weight excluding hydrogens is 629 g/mol. The highest BCUT2D eigenvalue weighted by Crippen LogP contribution is 2.18. The summed E-state index contributed by atoms with van der Waals surface area (Å²) in [6, 6.07) is -0.0210. The van der Waals surface area contributed by atoms with Crippen molar-refractivity contribution in [2.45, 2.75) is 116 Å². The van der Waals surface area contributed by atoms with E-state index in [1.54, 1.807) is 6.33 Å². The van der Waals surface area contributed by atoms with Gasteiger partial charge in [-0.3, -0.25) is 0 Å². The Balaban J connectivity index is 0.0000137. The third kappa shape index (κ3) is 20.9. The van der Waals surface area contributed by atoms with Crippen LogP contribution in [0.1, 0.15) is 115 Å². The molecule has 7 nitrogen and oxygen atoms in total. The highest BCUT2D eigenvalue weighted by atomic mass is 127. The van der Waals surface area contributed by atoms with Gasteiger partial charge in [0, 0.05) is 18.7 Å². The number of thioether (sulfide) groups is 1. The molecule has 0 radical (unpaired) electrons. The van der Waals surface area contributed by atoms with E-state index < -0.39 is 10.0 Å². The molecule has 226 valence electrons. The third-order valence-corrected chi connectivity index (χ3v) is 9.46. The molecule has 1 aromatic heterocycles. The molecule has 0 bridgehead atoms. The molecular formula is C28H58IN5O2S2. The molecule has 1 N–H and O–H groups in total. The summed E-state index contributed by atoms with van der Waals surface area (Å²) >= 11 is 1.90. The van der Waals surface area contributed by atoms with E-state index in [4.69, 9.17) is 0 Å². The molecule has 0 saturated carbocycles. The average molecular weight is 688 g/mol. The SMILES string of the molecule is CCCCCCCCCCCCCCCCSCC(CNS(=O)(=O)CCC[N+](C)(C)C)n1ncnc1C.[I-]. The largest absolute Gasteiger partial charge is 1.00 e. The van der Waals surface area contributed by atoms with Gasteiger partial charge in [0.15, 0.2) is 0 Å². The van der Waals surface area contributed by atoms with E-state index in [0.29, 0.717) is 13.0 Å². The van der Waals surface area contributed by atoms with E-state index in [-0.39, 0.29) is 35.8 Å². The molecule has 0 amide bonds. The van der Waals surface area contributed by atoms with Gasteiger partial charge in [-0.2, -0.15) is 16.9 Å². The second-order valence-electron chi connectivity index (χ2n) is 11.6. The third-order valence-electron chi connectivity index (χ3n) is 6.83. The molecule has 1 aromatic rings. The Morgan fingerprint density at radius 3 is 1.89 bits per heavy atom. The fourth-order valence-corrected chi connectivity index (χ4v) is 6.73. The van der Waals surface area contributed by atoms with Crippen molar-refractivity contribution in [3.05, 3.63) is 12.2 Å². The number of unbranched alkanes of at least 4 members (excludes halogenated alkanes) is 13. The van der Waals surface area contributed by atoms with Gasteiger partial charge in [-0.25, -0.2) is 22.8 Å². The van der Waals surface area contributed by atoms with Crippen molar-refractivity contribution >= 4 is 21.8 Å². The van der Waals surface area contributed by atoms with E-state index >= 15 is 0 Å². The van der Waals surface area contributed by atoms with Gasteiger partial charge < -0.3 is 28.5 Å². The van der Waals surface area contributed by atoms with Crippen molar-refractivity contribution in [3.63, 3.8) is 0 Å². The van der Waals surface area contributed by atoms with E-state index in [9.17, 15) is 8.42 Å². The summed E-state index contributed by atoms with van der Waals surface area (Å²) in [5.74, 6) is 2.94. The zero-order valence-corrected chi connectivity index (χ0v) is 28.9. The predicted molar refractivity (Wildman–Crippen MR) is 161 cm³/mol. The van der Waals surface area contributed by atoms with Crippen LogP contribution in [0.2, 0.25) is 0 Å². The van der Waals surface area contributed by atoms with E-state index in [2.05, 4.69) is 42.9 Å². The average Bonchev–Trinajstić information content (AvgIpc) is 3.25. The summed E-state index contributed by atoms with van der Waals surface area (Å²) in [6.07, 6.45) is 21.5. The lowest BCUT2D eigenvalue weighted by atomic mass is 10.0. The van der Waals surface area contributed by atoms with Crippen molar-refractivity contribution in [3.8, 4) is 0 Å². The van der Waals surface area contributed by atoms with E-state index in [0.717, 1.165) is 28.4 Å². The maximum atomic E-state index is 12.5. The number of nitrogens with one attached hydrogen (secondary N) is 1. The van der Waals surface area contributed by atoms with Crippen molar-refractivity contribution in [1.29, 1.82) is 0 Å². The first-order chi connectivity index (χ1) is 17.6. The Bertz CT molecular complexity index is 784. The van der Waals surface area contributed by atoms with Gasteiger partial charge in [-0.1, -0.05) is 90.4 Å². The fourth-order valence-electron chi connectivity index (χ4n) is 4.52. The Morgan fingerprint density at radius 1 is 0.895 bits per heavy atom. The van der Waals surface area contributed by atoms with Gasteiger partial charge >= 0.3 is 0 Å². The number of quaternary nitrogens is 1. The lowest BCUT2D eigenvalue weighted by molar-refractivity contribution is -0.870. The van der Waals surface area contributed by atoms with Crippen LogP contribution in [0.25, 0.3) is 0 Å². The summed E-state index contributed by atoms with van der Waals surface area (Å²) in [6.45, 7) is 5.40. The zero-order chi connectivity index (χ0) is 27.4. The molecule has 0 spiro atoms. The van der Waals surface area contributed by atoms with E-state index in [1.807, 2.05) is 23.4 Å². The van der Waals surface area contributed by atoms with Gasteiger partial charge in [-0.15, -0.1) is 0 Å². The van der Waals surface area contributed by atoms with Crippen LogP contribution in [0.4, 0.5) is 0 Å². The summed E-state index contributed by atoms with van der Waals surface area (Å²) in [4.78, 5) is 4.25. The van der Waals surface area contributed by atoms with Gasteiger partial charge in [-0.05, 0) is 19.1 Å². The molecule has 1 atom stereocenters. The number of hydrogen-bond acceptors (Lipinski definition) is 5. The number of aromatic nitrogens is 3. The fraction of sp³-hybridized carbons (Fsp3) is 0.929. The van der Waals surface area contributed by atoms with Crippen LogP contribution < -0.4 is 28.7 Å². The summed E-state index contributed by atoms with van der Waals surface area (Å²) in [5.41, 5.74) is 0. The minimum Gasteiger partial charge on any atom is -1.00 e. The minimum absolute atomic E-state index is 0. The van der Waals surface area contributed by atoms with Crippen molar-refractivity contribution < 1.29 is 36.9 Å². The summed E-state index contributed by atoms with van der Waals surface area (Å²) in [7, 11) is 2.95. The molecule has 0 aromatic carbocycles. The normalized spacial score (nSPS) is 13.0. The maximum absolute atomic E-state index is 12.5. The zero-order valence-electron chi connectivity index (χ0n) is 25.1. The number of sulfonamides is 1. The second-order valence-corrected chi connectivity index (χ2v) is 14.7. The van der Waals surface area contributed by atoms with Gasteiger partial charge in [0.2, 0.25) is 10.0 Å². The number of halogens is 1. The van der Waals surface area contributed by atoms with Crippen LogP contribution >= 0.6 is 11.8 Å². The van der Waals surface area contributed by atoms with Gasteiger partial charge in [0.05, 0.1) is 39.5 Å². The quantitative estimate of drug-likeness (QED) is 0.0971. The Morgan fingerprint density at radius 2 is 1.42 bits per heavy atom. The first kappa shape index (κ1) is 38.1. The molecule has 38 heavy (non-hydrogen) atoms. The number of rotatable bonds is 25. The molecule has 1 heterocycles. The molecule has 1 unspecified atom stereocenters. The van der Waals surface area contributed by atoms with Crippen LogP contribution in [0, 0.1) is 6.92 Å². The Kier molecular flexibility index (Phi) is 22.8. The van der Waals surface area contributed by atoms with Crippen LogP contribution in [0.3, 0.4) is 0 Å². The first-order valence-corrected chi connectivity index (χ1v) is 17.7. The number of hydrogen-bond donors (Lipinski definition) is 1. The minimum atomic E-state index is -3.29. The molecule has 0 aliphatic rings. The highest BCUT2D eigenvalue weighted by molar-refractivity contribution is 7.99. The second kappa shape index (κ2) is 22.7. The van der Waals surface area contributed by atoms with Gasteiger partial charge in [0.1, 0.15) is 12.2 Å². The number of nitrogens with zero attached hydrogens (tertiary/aromatic N) is 4. The van der Waals surface area contributed by atoms with Crippen molar-refractivity contribution in [2.75, 3.05) is 51.5 Å².